The lowest BCUT2D eigenvalue weighted by molar-refractivity contribution is 0.414. The summed E-state index contributed by atoms with van der Waals surface area (Å²) in [6.07, 6.45) is 2.01. The summed E-state index contributed by atoms with van der Waals surface area (Å²) in [5.74, 6) is 1.80. The zero-order valence-corrected chi connectivity index (χ0v) is 12.9. The number of thiazole rings is 1. The van der Waals surface area contributed by atoms with Crippen LogP contribution in [-0.2, 0) is 13.1 Å². The van der Waals surface area contributed by atoms with Gasteiger partial charge in [-0.3, -0.25) is 4.40 Å². The molecule has 6 heteroatoms. The molecule has 110 valence electrons. The van der Waals surface area contributed by atoms with Gasteiger partial charge in [0, 0.05) is 31.7 Å². The van der Waals surface area contributed by atoms with Gasteiger partial charge >= 0.3 is 0 Å². The van der Waals surface area contributed by atoms with Crippen molar-refractivity contribution in [1.82, 2.24) is 9.38 Å². The van der Waals surface area contributed by atoms with Crippen molar-refractivity contribution < 1.29 is 4.74 Å². The highest BCUT2D eigenvalue weighted by atomic mass is 32.1. The first-order valence-electron chi connectivity index (χ1n) is 6.71. The number of benzene rings is 1. The molecule has 0 atom stereocenters. The number of hydrogen-bond donors (Lipinski definition) is 1. The molecule has 0 aliphatic carbocycles. The smallest absolute Gasteiger partial charge is 0.195 e. The molecule has 0 spiro atoms. The monoisotopic (exact) mass is 302 g/mol. The van der Waals surface area contributed by atoms with Gasteiger partial charge < -0.3 is 15.4 Å². The van der Waals surface area contributed by atoms with Crippen LogP contribution in [0.2, 0.25) is 0 Å². The predicted molar refractivity (Wildman–Crippen MR) is 86.1 cm³/mol. The third kappa shape index (κ3) is 2.59. The topological polar surface area (TPSA) is 55.8 Å². The number of fused-ring (bicyclic) bond motifs is 1. The minimum atomic E-state index is 0.468. The molecule has 0 amide bonds. The molecule has 1 aromatic carbocycles. The van der Waals surface area contributed by atoms with Gasteiger partial charge in [0.1, 0.15) is 5.75 Å². The molecule has 0 saturated heterocycles. The molecule has 5 nitrogen and oxygen atoms in total. The lowest BCUT2D eigenvalue weighted by Crippen LogP contribution is -2.19. The lowest BCUT2D eigenvalue weighted by Gasteiger charge is -2.18. The Kier molecular flexibility index (Phi) is 3.81. The Bertz CT molecular complexity index is 749. The molecule has 0 radical (unpaired) electrons. The third-order valence-corrected chi connectivity index (χ3v) is 4.21. The van der Waals surface area contributed by atoms with Crippen LogP contribution in [0.25, 0.3) is 4.96 Å². The van der Waals surface area contributed by atoms with Crippen molar-refractivity contribution in [2.45, 2.75) is 13.1 Å². The summed E-state index contributed by atoms with van der Waals surface area (Å²) in [5.41, 5.74) is 8.11. The van der Waals surface area contributed by atoms with E-state index in [9.17, 15) is 0 Å². The van der Waals surface area contributed by atoms with Gasteiger partial charge in [-0.2, -0.15) is 0 Å². The van der Waals surface area contributed by atoms with Crippen LogP contribution in [0.3, 0.4) is 0 Å². The molecule has 0 saturated carbocycles. The van der Waals surface area contributed by atoms with Crippen molar-refractivity contribution in [2.75, 3.05) is 19.1 Å². The van der Waals surface area contributed by atoms with Crippen molar-refractivity contribution in [3.63, 3.8) is 0 Å². The number of methoxy groups -OCH3 is 1. The van der Waals surface area contributed by atoms with Crippen molar-refractivity contribution in [2.24, 2.45) is 5.73 Å². The molecule has 0 unspecified atom stereocenters. The minimum Gasteiger partial charge on any atom is -0.497 e. The molecule has 0 aliphatic rings. The van der Waals surface area contributed by atoms with Crippen LogP contribution in [0.4, 0.5) is 5.82 Å². The number of ether oxygens (including phenoxy) is 1. The van der Waals surface area contributed by atoms with E-state index in [4.69, 9.17) is 10.5 Å². The molecule has 2 aromatic heterocycles. The second-order valence-electron chi connectivity index (χ2n) is 4.85. The van der Waals surface area contributed by atoms with E-state index in [1.807, 2.05) is 36.8 Å². The highest BCUT2D eigenvalue weighted by molar-refractivity contribution is 7.15. The van der Waals surface area contributed by atoms with Crippen LogP contribution < -0.4 is 15.4 Å². The van der Waals surface area contributed by atoms with E-state index in [0.29, 0.717) is 6.54 Å². The maximum atomic E-state index is 5.89. The maximum absolute atomic E-state index is 5.89. The van der Waals surface area contributed by atoms with Gasteiger partial charge in [-0.15, -0.1) is 11.3 Å². The second-order valence-corrected chi connectivity index (χ2v) is 5.72. The molecular formula is C15H18N4OS. The molecular weight excluding hydrogens is 284 g/mol. The molecule has 2 heterocycles. The van der Waals surface area contributed by atoms with Gasteiger partial charge in [-0.05, 0) is 17.7 Å². The first kappa shape index (κ1) is 13.9. The van der Waals surface area contributed by atoms with E-state index in [1.54, 1.807) is 18.4 Å². The first-order chi connectivity index (χ1) is 10.2. The first-order valence-corrected chi connectivity index (χ1v) is 7.59. The number of aromatic nitrogens is 2. The van der Waals surface area contributed by atoms with E-state index < -0.39 is 0 Å². The summed E-state index contributed by atoms with van der Waals surface area (Å²) >= 11 is 1.62. The van der Waals surface area contributed by atoms with Crippen LogP contribution in [0.1, 0.15) is 11.3 Å². The average Bonchev–Trinajstić information content (AvgIpc) is 3.07. The summed E-state index contributed by atoms with van der Waals surface area (Å²) in [6, 6.07) is 8.07. The quantitative estimate of drug-likeness (QED) is 0.787. The molecule has 21 heavy (non-hydrogen) atoms. The maximum Gasteiger partial charge on any atom is 0.195 e. The van der Waals surface area contributed by atoms with Crippen molar-refractivity contribution in [1.29, 1.82) is 0 Å². The Morgan fingerprint density at radius 1 is 1.43 bits per heavy atom. The SMILES string of the molecule is COc1cccc(CN(C)c2nc3sccn3c2CN)c1. The van der Waals surface area contributed by atoms with Crippen LogP contribution >= 0.6 is 11.3 Å². The van der Waals surface area contributed by atoms with E-state index in [2.05, 4.69) is 20.4 Å². The number of anilines is 1. The lowest BCUT2D eigenvalue weighted by atomic mass is 10.2. The van der Waals surface area contributed by atoms with E-state index in [1.165, 1.54) is 5.56 Å². The second kappa shape index (κ2) is 5.75. The van der Waals surface area contributed by atoms with Crippen molar-refractivity contribution in [3.8, 4) is 5.75 Å². The molecule has 2 N–H and O–H groups in total. The fourth-order valence-corrected chi connectivity index (χ4v) is 3.16. The van der Waals surface area contributed by atoms with E-state index in [-0.39, 0.29) is 0 Å². The zero-order valence-electron chi connectivity index (χ0n) is 12.1. The number of rotatable bonds is 5. The van der Waals surface area contributed by atoms with Gasteiger partial charge in [0.2, 0.25) is 0 Å². The summed E-state index contributed by atoms with van der Waals surface area (Å²) < 4.78 is 7.32. The fraction of sp³-hybridized carbons (Fsp3) is 0.267. The standard InChI is InChI=1S/C15H18N4OS/c1-18(10-11-4-3-5-12(8-11)20-2)14-13(9-16)19-6-7-21-15(19)17-14/h3-8H,9-10,16H2,1-2H3. The Balaban J connectivity index is 1.89. The Morgan fingerprint density at radius 3 is 3.05 bits per heavy atom. The van der Waals surface area contributed by atoms with Crippen LogP contribution in [0.5, 0.6) is 5.75 Å². The average molecular weight is 302 g/mol. The summed E-state index contributed by atoms with van der Waals surface area (Å²) in [7, 11) is 3.71. The zero-order chi connectivity index (χ0) is 14.8. The Hall–Kier alpha value is -2.05. The molecule has 3 rings (SSSR count). The van der Waals surface area contributed by atoms with Gasteiger partial charge in [0.25, 0.3) is 0 Å². The largest absolute Gasteiger partial charge is 0.497 e. The van der Waals surface area contributed by atoms with Crippen LogP contribution in [-0.4, -0.2) is 23.5 Å². The molecule has 0 bridgehead atoms. The van der Waals surface area contributed by atoms with E-state index >= 15 is 0 Å². The highest BCUT2D eigenvalue weighted by Crippen LogP contribution is 2.25. The van der Waals surface area contributed by atoms with Crippen LogP contribution in [0.15, 0.2) is 35.8 Å². The summed E-state index contributed by atoms with van der Waals surface area (Å²) in [5, 5.41) is 2.02. The number of hydrogen-bond acceptors (Lipinski definition) is 5. The summed E-state index contributed by atoms with van der Waals surface area (Å²) in [6.45, 7) is 1.23. The third-order valence-electron chi connectivity index (χ3n) is 3.45. The van der Waals surface area contributed by atoms with E-state index in [0.717, 1.165) is 28.8 Å². The van der Waals surface area contributed by atoms with Gasteiger partial charge in [0.05, 0.1) is 12.8 Å². The molecule has 3 aromatic rings. The molecule has 0 aliphatic heterocycles. The van der Waals surface area contributed by atoms with Crippen molar-refractivity contribution >= 4 is 22.1 Å². The van der Waals surface area contributed by atoms with Crippen LogP contribution in [0, 0.1) is 0 Å². The summed E-state index contributed by atoms with van der Waals surface area (Å²) in [4.78, 5) is 7.77. The normalized spacial score (nSPS) is 11.0. The number of imidazole rings is 1. The Morgan fingerprint density at radius 2 is 2.29 bits per heavy atom. The predicted octanol–water partition coefficient (Wildman–Crippen LogP) is 2.50. The van der Waals surface area contributed by atoms with Gasteiger partial charge in [-0.1, -0.05) is 12.1 Å². The van der Waals surface area contributed by atoms with Gasteiger partial charge in [0.15, 0.2) is 10.8 Å². The highest BCUT2D eigenvalue weighted by Gasteiger charge is 2.15. The number of nitrogens with zero attached hydrogens (tertiary/aromatic N) is 3. The number of nitrogens with two attached hydrogens (primary N) is 1. The molecule has 0 fully saturated rings. The van der Waals surface area contributed by atoms with Gasteiger partial charge in [-0.25, -0.2) is 4.98 Å². The minimum absolute atomic E-state index is 0.468. The van der Waals surface area contributed by atoms with Crippen molar-refractivity contribution in [3.05, 3.63) is 47.1 Å². The fourth-order valence-electron chi connectivity index (χ4n) is 2.44. The Labute approximate surface area is 127 Å².